The number of nitrogens with zero attached hydrogens (tertiary/aromatic N) is 2. The average molecular weight is 335 g/mol. The molecule has 4 saturated carbocycles. The van der Waals surface area contributed by atoms with Crippen molar-refractivity contribution in [3.63, 3.8) is 0 Å². The van der Waals surface area contributed by atoms with Gasteiger partial charge in [0.25, 0.3) is 0 Å². The number of amides is 3. The normalized spacial score (nSPS) is 37.5. The van der Waals surface area contributed by atoms with Gasteiger partial charge in [-0.15, -0.1) is 0 Å². The molecule has 6 heteroatoms. The lowest BCUT2D eigenvalue weighted by atomic mass is 9.49. The lowest BCUT2D eigenvalue weighted by molar-refractivity contribution is -0.0503. The Morgan fingerprint density at radius 3 is 1.96 bits per heavy atom. The van der Waals surface area contributed by atoms with Crippen molar-refractivity contribution < 1.29 is 14.3 Å². The van der Waals surface area contributed by atoms with Gasteiger partial charge in [-0.25, -0.2) is 9.59 Å². The van der Waals surface area contributed by atoms with Crippen LogP contribution < -0.4 is 5.32 Å². The predicted molar refractivity (Wildman–Crippen MR) is 89.6 cm³/mol. The van der Waals surface area contributed by atoms with E-state index in [9.17, 15) is 9.59 Å². The van der Waals surface area contributed by atoms with Crippen LogP contribution in [0.4, 0.5) is 9.59 Å². The van der Waals surface area contributed by atoms with Crippen LogP contribution in [-0.2, 0) is 4.74 Å². The van der Waals surface area contributed by atoms with Gasteiger partial charge >= 0.3 is 12.1 Å². The number of piperazine rings is 1. The number of carbonyl (C=O) groups is 2. The molecular formula is C18H29N3O3. The van der Waals surface area contributed by atoms with Crippen LogP contribution in [-0.4, -0.2) is 61.8 Å². The van der Waals surface area contributed by atoms with Gasteiger partial charge in [0, 0.05) is 32.7 Å². The molecule has 5 fully saturated rings. The van der Waals surface area contributed by atoms with E-state index in [0.29, 0.717) is 31.6 Å². The van der Waals surface area contributed by atoms with Gasteiger partial charge in [0.1, 0.15) is 0 Å². The van der Waals surface area contributed by atoms with Crippen LogP contribution in [0.2, 0.25) is 0 Å². The Balaban J connectivity index is 1.28. The Labute approximate surface area is 143 Å². The molecule has 0 atom stereocenters. The largest absolute Gasteiger partial charge is 0.453 e. The van der Waals surface area contributed by atoms with Gasteiger partial charge in [0.2, 0.25) is 0 Å². The number of hydrogen-bond acceptors (Lipinski definition) is 3. The summed E-state index contributed by atoms with van der Waals surface area (Å²) in [5, 5.41) is 3.22. The fourth-order valence-electron chi connectivity index (χ4n) is 6.10. The second-order valence-electron chi connectivity index (χ2n) is 8.52. The standard InChI is InChI=1S/C18H29N3O3/c1-24-17(23)21-4-2-20(3-5-21)16(22)19-12-18-9-13-6-14(10-18)8-15(7-13)11-18/h13-15H,2-12H2,1H3,(H,19,22). The van der Waals surface area contributed by atoms with E-state index in [-0.39, 0.29) is 12.1 Å². The van der Waals surface area contributed by atoms with Crippen LogP contribution in [0.15, 0.2) is 0 Å². The van der Waals surface area contributed by atoms with Crippen molar-refractivity contribution in [1.29, 1.82) is 0 Å². The van der Waals surface area contributed by atoms with Gasteiger partial charge in [-0.3, -0.25) is 0 Å². The molecule has 1 heterocycles. The highest BCUT2D eigenvalue weighted by Crippen LogP contribution is 2.59. The van der Waals surface area contributed by atoms with E-state index in [1.54, 1.807) is 4.90 Å². The summed E-state index contributed by atoms with van der Waals surface area (Å²) in [6.07, 6.45) is 7.94. The van der Waals surface area contributed by atoms with Crippen molar-refractivity contribution in [1.82, 2.24) is 15.1 Å². The fraction of sp³-hybridized carbons (Fsp3) is 0.889. The Morgan fingerprint density at radius 2 is 1.46 bits per heavy atom. The quantitative estimate of drug-likeness (QED) is 0.842. The summed E-state index contributed by atoms with van der Waals surface area (Å²) in [4.78, 5) is 27.5. The Morgan fingerprint density at radius 1 is 0.958 bits per heavy atom. The third-order valence-corrected chi connectivity index (χ3v) is 6.78. The van der Waals surface area contributed by atoms with Crippen LogP contribution in [0.5, 0.6) is 0 Å². The summed E-state index contributed by atoms with van der Waals surface area (Å²) < 4.78 is 4.74. The summed E-state index contributed by atoms with van der Waals surface area (Å²) in [6.45, 7) is 3.12. The number of rotatable bonds is 2. The van der Waals surface area contributed by atoms with Crippen molar-refractivity contribution in [3.05, 3.63) is 0 Å². The smallest absolute Gasteiger partial charge is 0.409 e. The number of urea groups is 1. The molecular weight excluding hydrogens is 306 g/mol. The van der Waals surface area contributed by atoms with Crippen LogP contribution in [0.3, 0.4) is 0 Å². The summed E-state index contributed by atoms with van der Waals surface area (Å²) in [7, 11) is 1.40. The highest BCUT2D eigenvalue weighted by molar-refractivity contribution is 5.75. The van der Waals surface area contributed by atoms with Gasteiger partial charge in [-0.1, -0.05) is 0 Å². The van der Waals surface area contributed by atoms with E-state index in [2.05, 4.69) is 5.32 Å². The number of ether oxygens (including phenoxy) is 1. The molecule has 5 aliphatic rings. The molecule has 4 bridgehead atoms. The van der Waals surface area contributed by atoms with Crippen LogP contribution in [0, 0.1) is 23.2 Å². The van der Waals surface area contributed by atoms with Crippen molar-refractivity contribution in [2.75, 3.05) is 39.8 Å². The maximum atomic E-state index is 12.5. The molecule has 1 N–H and O–H groups in total. The topological polar surface area (TPSA) is 61.9 Å². The number of carbonyl (C=O) groups excluding carboxylic acids is 2. The van der Waals surface area contributed by atoms with Crippen LogP contribution in [0.25, 0.3) is 0 Å². The second-order valence-corrected chi connectivity index (χ2v) is 8.52. The third-order valence-electron chi connectivity index (χ3n) is 6.78. The summed E-state index contributed by atoms with van der Waals surface area (Å²) in [5.74, 6) is 2.74. The zero-order valence-corrected chi connectivity index (χ0v) is 14.6. The maximum Gasteiger partial charge on any atom is 0.409 e. The molecule has 134 valence electrons. The minimum absolute atomic E-state index is 0.0373. The van der Waals surface area contributed by atoms with Crippen molar-refractivity contribution in [2.24, 2.45) is 23.2 Å². The molecule has 24 heavy (non-hydrogen) atoms. The lowest BCUT2D eigenvalue weighted by Gasteiger charge is -2.57. The Bertz CT molecular complexity index is 478. The molecule has 1 aliphatic heterocycles. The van der Waals surface area contributed by atoms with E-state index in [0.717, 1.165) is 24.3 Å². The molecule has 0 aromatic heterocycles. The Kier molecular flexibility index (Phi) is 4.09. The number of hydrogen-bond donors (Lipinski definition) is 1. The van der Waals surface area contributed by atoms with Gasteiger partial charge in [0.15, 0.2) is 0 Å². The van der Waals surface area contributed by atoms with Gasteiger partial charge in [-0.2, -0.15) is 0 Å². The first-order chi connectivity index (χ1) is 11.6. The van der Waals surface area contributed by atoms with Gasteiger partial charge < -0.3 is 19.9 Å². The first-order valence-electron chi connectivity index (χ1n) is 9.42. The molecule has 5 rings (SSSR count). The molecule has 1 saturated heterocycles. The highest BCUT2D eigenvalue weighted by Gasteiger charge is 2.50. The molecule has 0 radical (unpaired) electrons. The van der Waals surface area contributed by atoms with Crippen molar-refractivity contribution >= 4 is 12.1 Å². The second kappa shape index (κ2) is 6.12. The maximum absolute atomic E-state index is 12.5. The van der Waals surface area contributed by atoms with Crippen LogP contribution in [0.1, 0.15) is 38.5 Å². The monoisotopic (exact) mass is 335 g/mol. The molecule has 6 nitrogen and oxygen atoms in total. The first-order valence-corrected chi connectivity index (χ1v) is 9.42. The average Bonchev–Trinajstić information content (AvgIpc) is 2.58. The highest BCUT2D eigenvalue weighted by atomic mass is 16.5. The van der Waals surface area contributed by atoms with E-state index < -0.39 is 0 Å². The van der Waals surface area contributed by atoms with E-state index in [1.807, 2.05) is 4.90 Å². The summed E-state index contributed by atoms with van der Waals surface area (Å²) >= 11 is 0. The van der Waals surface area contributed by atoms with E-state index >= 15 is 0 Å². The summed E-state index contributed by atoms with van der Waals surface area (Å²) in [6, 6.07) is 0.0373. The number of nitrogens with one attached hydrogen (secondary N) is 1. The third kappa shape index (κ3) is 2.95. The van der Waals surface area contributed by atoms with Crippen molar-refractivity contribution in [3.8, 4) is 0 Å². The molecule has 0 spiro atoms. The van der Waals surface area contributed by atoms with E-state index in [1.165, 1.54) is 45.6 Å². The fourth-order valence-corrected chi connectivity index (χ4v) is 6.10. The Hall–Kier alpha value is -1.46. The first kappa shape index (κ1) is 16.0. The minimum atomic E-state index is -0.302. The zero-order valence-electron chi connectivity index (χ0n) is 14.6. The van der Waals surface area contributed by atoms with E-state index in [4.69, 9.17) is 4.74 Å². The molecule has 3 amide bonds. The predicted octanol–water partition coefficient (Wildman–Crippen LogP) is 2.30. The molecule has 0 unspecified atom stereocenters. The molecule has 0 aromatic rings. The molecule has 4 aliphatic carbocycles. The van der Waals surface area contributed by atoms with Gasteiger partial charge in [0.05, 0.1) is 7.11 Å². The van der Waals surface area contributed by atoms with Gasteiger partial charge in [-0.05, 0) is 61.7 Å². The van der Waals surface area contributed by atoms with Crippen LogP contribution >= 0.6 is 0 Å². The number of methoxy groups -OCH3 is 1. The zero-order chi connectivity index (χ0) is 16.7. The molecule has 0 aromatic carbocycles. The summed E-state index contributed by atoms with van der Waals surface area (Å²) in [5.41, 5.74) is 0.373. The lowest BCUT2D eigenvalue weighted by Crippen LogP contribution is -2.56. The van der Waals surface area contributed by atoms with Crippen molar-refractivity contribution in [2.45, 2.75) is 38.5 Å². The minimum Gasteiger partial charge on any atom is -0.453 e. The SMILES string of the molecule is COC(=O)N1CCN(C(=O)NCC23CC4CC(CC(C4)C2)C3)CC1.